The molecule has 0 spiro atoms. The van der Waals surface area contributed by atoms with E-state index in [0.717, 1.165) is 16.7 Å². The minimum Gasteiger partial charge on any atom is -0.488 e. The molecule has 0 saturated carbocycles. The molecule has 0 atom stereocenters. The lowest BCUT2D eigenvalue weighted by Gasteiger charge is -2.12. The van der Waals surface area contributed by atoms with E-state index in [2.05, 4.69) is 43.3 Å². The van der Waals surface area contributed by atoms with Gasteiger partial charge in [-0.25, -0.2) is 0 Å². The van der Waals surface area contributed by atoms with Crippen LogP contribution in [0.4, 0.5) is 0 Å². The first kappa shape index (κ1) is 13.7. The third-order valence-corrected chi connectivity index (χ3v) is 3.78. The standard InChI is InChI=1S/C19H19NO/c1-14-11-15(12-20)9-10-17(14)13-21-19-8-4-6-16-5-2-3-7-18(16)19/h2-11H,12-13,20H2,1H3. The SMILES string of the molecule is Cc1cc(CN)ccc1COc1cccc2ccccc12. The first-order chi connectivity index (χ1) is 10.3. The Morgan fingerprint density at radius 3 is 2.57 bits per heavy atom. The van der Waals surface area contributed by atoms with Crippen molar-refractivity contribution in [2.45, 2.75) is 20.1 Å². The molecule has 2 N–H and O–H groups in total. The van der Waals surface area contributed by atoms with E-state index in [1.165, 1.54) is 16.5 Å². The maximum atomic E-state index is 6.03. The van der Waals surface area contributed by atoms with Crippen molar-refractivity contribution in [2.75, 3.05) is 0 Å². The number of hydrogen-bond donors (Lipinski definition) is 1. The molecule has 0 bridgehead atoms. The number of ether oxygens (including phenoxy) is 1. The Kier molecular flexibility index (Phi) is 3.89. The molecule has 0 unspecified atom stereocenters. The number of nitrogens with two attached hydrogens (primary N) is 1. The highest BCUT2D eigenvalue weighted by Crippen LogP contribution is 2.26. The van der Waals surface area contributed by atoms with Crippen molar-refractivity contribution < 1.29 is 4.74 Å². The first-order valence-electron chi connectivity index (χ1n) is 7.17. The van der Waals surface area contributed by atoms with Crippen LogP contribution < -0.4 is 10.5 Å². The zero-order chi connectivity index (χ0) is 14.7. The quantitative estimate of drug-likeness (QED) is 0.776. The van der Waals surface area contributed by atoms with Crippen LogP contribution in [-0.2, 0) is 13.2 Å². The van der Waals surface area contributed by atoms with Gasteiger partial charge in [0.15, 0.2) is 0 Å². The fourth-order valence-corrected chi connectivity index (χ4v) is 2.52. The molecule has 0 aliphatic heterocycles. The molecule has 3 aromatic carbocycles. The molecule has 106 valence electrons. The van der Waals surface area contributed by atoms with Crippen LogP contribution in [0.25, 0.3) is 10.8 Å². The number of fused-ring (bicyclic) bond motifs is 1. The minimum atomic E-state index is 0.574. The highest BCUT2D eigenvalue weighted by molar-refractivity contribution is 5.88. The molecule has 0 aliphatic rings. The summed E-state index contributed by atoms with van der Waals surface area (Å²) in [5, 5.41) is 2.35. The molecule has 0 radical (unpaired) electrons. The van der Waals surface area contributed by atoms with E-state index in [9.17, 15) is 0 Å². The van der Waals surface area contributed by atoms with Crippen molar-refractivity contribution in [3.8, 4) is 5.75 Å². The first-order valence-corrected chi connectivity index (χ1v) is 7.17. The van der Waals surface area contributed by atoms with E-state index in [-0.39, 0.29) is 0 Å². The van der Waals surface area contributed by atoms with E-state index in [4.69, 9.17) is 10.5 Å². The molecule has 0 heterocycles. The van der Waals surface area contributed by atoms with Crippen molar-refractivity contribution in [3.05, 3.63) is 77.4 Å². The summed E-state index contributed by atoms with van der Waals surface area (Å²) < 4.78 is 6.03. The van der Waals surface area contributed by atoms with Crippen molar-refractivity contribution in [1.29, 1.82) is 0 Å². The molecule has 0 saturated heterocycles. The maximum absolute atomic E-state index is 6.03. The molecule has 0 amide bonds. The molecule has 3 aromatic rings. The third kappa shape index (κ3) is 2.91. The van der Waals surface area contributed by atoms with Crippen LogP contribution in [0.2, 0.25) is 0 Å². The Bertz CT molecular complexity index is 759. The van der Waals surface area contributed by atoms with Gasteiger partial charge in [-0.3, -0.25) is 0 Å². The van der Waals surface area contributed by atoms with E-state index < -0.39 is 0 Å². The van der Waals surface area contributed by atoms with E-state index >= 15 is 0 Å². The van der Waals surface area contributed by atoms with Gasteiger partial charge in [-0.2, -0.15) is 0 Å². The average Bonchev–Trinajstić information content (AvgIpc) is 2.53. The average molecular weight is 277 g/mol. The monoisotopic (exact) mass is 277 g/mol. The Labute approximate surface area is 125 Å². The van der Waals surface area contributed by atoms with Crippen molar-refractivity contribution in [1.82, 2.24) is 0 Å². The van der Waals surface area contributed by atoms with E-state index in [1.807, 2.05) is 24.3 Å². The van der Waals surface area contributed by atoms with Crippen LogP contribution in [0.5, 0.6) is 5.75 Å². The van der Waals surface area contributed by atoms with Gasteiger partial charge in [0.05, 0.1) is 0 Å². The zero-order valence-electron chi connectivity index (χ0n) is 12.2. The fraction of sp³-hybridized carbons (Fsp3) is 0.158. The van der Waals surface area contributed by atoms with Crippen LogP contribution in [-0.4, -0.2) is 0 Å². The summed E-state index contributed by atoms with van der Waals surface area (Å²) in [5.74, 6) is 0.926. The number of rotatable bonds is 4. The second-order valence-electron chi connectivity index (χ2n) is 5.23. The third-order valence-electron chi connectivity index (χ3n) is 3.78. The van der Waals surface area contributed by atoms with Crippen LogP contribution in [0, 0.1) is 6.92 Å². The molecule has 0 aliphatic carbocycles. The highest BCUT2D eigenvalue weighted by Gasteiger charge is 2.04. The topological polar surface area (TPSA) is 35.2 Å². The lowest BCUT2D eigenvalue weighted by molar-refractivity contribution is 0.309. The smallest absolute Gasteiger partial charge is 0.127 e. The summed E-state index contributed by atoms with van der Waals surface area (Å²) >= 11 is 0. The summed E-state index contributed by atoms with van der Waals surface area (Å²) in [6, 6.07) is 20.7. The van der Waals surface area contributed by atoms with Gasteiger partial charge in [-0.05, 0) is 35.1 Å². The molecule has 2 nitrogen and oxygen atoms in total. The zero-order valence-corrected chi connectivity index (χ0v) is 12.2. The van der Waals surface area contributed by atoms with Crippen LogP contribution >= 0.6 is 0 Å². The molecular formula is C19H19NO. The Hall–Kier alpha value is -2.32. The van der Waals surface area contributed by atoms with Crippen molar-refractivity contribution >= 4 is 10.8 Å². The Balaban J connectivity index is 1.84. The lowest BCUT2D eigenvalue weighted by Crippen LogP contribution is -2.01. The van der Waals surface area contributed by atoms with Crippen LogP contribution in [0.15, 0.2) is 60.7 Å². The van der Waals surface area contributed by atoms with Gasteiger partial charge in [-0.1, -0.05) is 54.6 Å². The van der Waals surface area contributed by atoms with Gasteiger partial charge in [0.25, 0.3) is 0 Å². The maximum Gasteiger partial charge on any atom is 0.127 e. The van der Waals surface area contributed by atoms with Crippen molar-refractivity contribution in [2.24, 2.45) is 5.73 Å². The highest BCUT2D eigenvalue weighted by atomic mass is 16.5. The number of benzene rings is 3. The van der Waals surface area contributed by atoms with Gasteiger partial charge in [0.2, 0.25) is 0 Å². The normalized spacial score (nSPS) is 10.8. The second-order valence-corrected chi connectivity index (χ2v) is 5.23. The molecule has 0 fully saturated rings. The van der Waals surface area contributed by atoms with E-state index in [1.54, 1.807) is 0 Å². The lowest BCUT2D eigenvalue weighted by atomic mass is 10.1. The second kappa shape index (κ2) is 5.98. The van der Waals surface area contributed by atoms with Gasteiger partial charge < -0.3 is 10.5 Å². The Morgan fingerprint density at radius 2 is 1.76 bits per heavy atom. The van der Waals surface area contributed by atoms with Gasteiger partial charge in [0, 0.05) is 11.9 Å². The summed E-state index contributed by atoms with van der Waals surface area (Å²) in [7, 11) is 0. The van der Waals surface area contributed by atoms with Gasteiger partial charge in [-0.15, -0.1) is 0 Å². The number of aryl methyl sites for hydroxylation is 1. The molecule has 0 aromatic heterocycles. The van der Waals surface area contributed by atoms with Crippen LogP contribution in [0.3, 0.4) is 0 Å². The minimum absolute atomic E-state index is 0.574. The summed E-state index contributed by atoms with van der Waals surface area (Å²) in [6.45, 7) is 3.25. The molecule has 3 rings (SSSR count). The van der Waals surface area contributed by atoms with Crippen LogP contribution in [0.1, 0.15) is 16.7 Å². The largest absolute Gasteiger partial charge is 0.488 e. The molecular weight excluding hydrogens is 258 g/mol. The fourth-order valence-electron chi connectivity index (χ4n) is 2.52. The summed E-state index contributed by atoms with van der Waals surface area (Å²) in [6.07, 6.45) is 0. The van der Waals surface area contributed by atoms with Gasteiger partial charge in [0.1, 0.15) is 12.4 Å². The van der Waals surface area contributed by atoms with Gasteiger partial charge >= 0.3 is 0 Å². The number of hydrogen-bond acceptors (Lipinski definition) is 2. The Morgan fingerprint density at radius 1 is 0.952 bits per heavy atom. The predicted molar refractivity (Wildman–Crippen MR) is 87.4 cm³/mol. The summed E-state index contributed by atoms with van der Waals surface area (Å²) in [4.78, 5) is 0. The predicted octanol–water partition coefficient (Wildman–Crippen LogP) is 4.19. The van der Waals surface area contributed by atoms with Crippen molar-refractivity contribution in [3.63, 3.8) is 0 Å². The molecule has 21 heavy (non-hydrogen) atoms. The van der Waals surface area contributed by atoms with E-state index in [0.29, 0.717) is 13.2 Å². The summed E-state index contributed by atoms with van der Waals surface area (Å²) in [5.41, 5.74) is 9.23. The molecule has 2 heteroatoms.